The van der Waals surface area contributed by atoms with Crippen LogP contribution in [-0.4, -0.2) is 38.0 Å². The molecule has 0 heterocycles. The van der Waals surface area contributed by atoms with Crippen LogP contribution in [0.1, 0.15) is 27.2 Å². The monoisotopic (exact) mass is 229 g/mol. The molecule has 5 nitrogen and oxygen atoms in total. The lowest BCUT2D eigenvalue weighted by molar-refractivity contribution is -0.128. The molecule has 3 N–H and O–H groups in total. The number of hydrogen-bond acceptors (Lipinski definition) is 3. The summed E-state index contributed by atoms with van der Waals surface area (Å²) in [6.45, 7) is 6.96. The Balaban J connectivity index is 4.19. The van der Waals surface area contributed by atoms with E-state index in [1.54, 1.807) is 7.05 Å². The van der Waals surface area contributed by atoms with Crippen molar-refractivity contribution in [2.24, 2.45) is 5.92 Å². The maximum Gasteiger partial charge on any atom is 0.242 e. The van der Waals surface area contributed by atoms with Gasteiger partial charge in [0.25, 0.3) is 0 Å². The van der Waals surface area contributed by atoms with E-state index in [0.29, 0.717) is 12.3 Å². The predicted octanol–water partition coefficient (Wildman–Crippen LogP) is -0.127. The second-order valence-electron chi connectivity index (χ2n) is 4.14. The molecule has 1 unspecified atom stereocenters. The summed E-state index contributed by atoms with van der Waals surface area (Å²) in [5.41, 5.74) is 0. The van der Waals surface area contributed by atoms with Gasteiger partial charge in [0.15, 0.2) is 0 Å². The Morgan fingerprint density at radius 1 is 1.25 bits per heavy atom. The lowest BCUT2D eigenvalue weighted by Gasteiger charge is -2.19. The van der Waals surface area contributed by atoms with E-state index in [4.69, 9.17) is 0 Å². The SMILES string of the molecule is CCNCC(=O)NC(CC(C)C)C(=O)NC. The van der Waals surface area contributed by atoms with E-state index in [1.807, 2.05) is 20.8 Å². The summed E-state index contributed by atoms with van der Waals surface area (Å²) >= 11 is 0. The average molecular weight is 229 g/mol. The van der Waals surface area contributed by atoms with Gasteiger partial charge in [0.2, 0.25) is 11.8 Å². The van der Waals surface area contributed by atoms with Gasteiger partial charge in [-0.05, 0) is 18.9 Å². The lowest BCUT2D eigenvalue weighted by atomic mass is 10.0. The molecule has 0 saturated heterocycles. The fourth-order valence-corrected chi connectivity index (χ4v) is 1.36. The first kappa shape index (κ1) is 14.9. The summed E-state index contributed by atoms with van der Waals surface area (Å²) in [5, 5.41) is 8.20. The number of hydrogen-bond donors (Lipinski definition) is 3. The summed E-state index contributed by atoms with van der Waals surface area (Å²) in [4.78, 5) is 23.0. The van der Waals surface area contributed by atoms with Crippen LogP contribution < -0.4 is 16.0 Å². The molecule has 0 saturated carbocycles. The molecule has 0 bridgehead atoms. The number of nitrogens with one attached hydrogen (secondary N) is 3. The zero-order valence-electron chi connectivity index (χ0n) is 10.6. The van der Waals surface area contributed by atoms with Crippen molar-refractivity contribution in [1.29, 1.82) is 0 Å². The minimum Gasteiger partial charge on any atom is -0.357 e. The molecule has 94 valence electrons. The minimum atomic E-state index is -0.434. The van der Waals surface area contributed by atoms with Crippen LogP contribution in [0.15, 0.2) is 0 Å². The van der Waals surface area contributed by atoms with Crippen molar-refractivity contribution < 1.29 is 9.59 Å². The average Bonchev–Trinajstić information content (AvgIpc) is 2.23. The van der Waals surface area contributed by atoms with E-state index < -0.39 is 6.04 Å². The fraction of sp³-hybridized carbons (Fsp3) is 0.818. The third kappa shape index (κ3) is 6.40. The highest BCUT2D eigenvalue weighted by Gasteiger charge is 2.20. The first-order chi connectivity index (χ1) is 7.51. The van der Waals surface area contributed by atoms with Crippen LogP contribution in [0.5, 0.6) is 0 Å². The highest BCUT2D eigenvalue weighted by molar-refractivity contribution is 5.88. The zero-order chi connectivity index (χ0) is 12.6. The van der Waals surface area contributed by atoms with Gasteiger partial charge < -0.3 is 16.0 Å². The molecule has 0 aromatic carbocycles. The van der Waals surface area contributed by atoms with Gasteiger partial charge >= 0.3 is 0 Å². The minimum absolute atomic E-state index is 0.140. The molecule has 0 aliphatic rings. The van der Waals surface area contributed by atoms with E-state index in [2.05, 4.69) is 16.0 Å². The van der Waals surface area contributed by atoms with E-state index in [9.17, 15) is 9.59 Å². The first-order valence-electron chi connectivity index (χ1n) is 5.72. The normalized spacial score (nSPS) is 12.3. The summed E-state index contributed by atoms with van der Waals surface area (Å²) in [6, 6.07) is -0.434. The van der Waals surface area contributed by atoms with Crippen molar-refractivity contribution in [1.82, 2.24) is 16.0 Å². The number of amides is 2. The lowest BCUT2D eigenvalue weighted by Crippen LogP contribution is -2.48. The van der Waals surface area contributed by atoms with Gasteiger partial charge in [-0.15, -0.1) is 0 Å². The summed E-state index contributed by atoms with van der Waals surface area (Å²) < 4.78 is 0. The highest BCUT2D eigenvalue weighted by Crippen LogP contribution is 2.04. The van der Waals surface area contributed by atoms with Crippen molar-refractivity contribution in [3.63, 3.8) is 0 Å². The molecule has 0 fully saturated rings. The van der Waals surface area contributed by atoms with Gasteiger partial charge in [0, 0.05) is 7.05 Å². The molecule has 2 amide bonds. The summed E-state index contributed by atoms with van der Waals surface area (Å²) in [5.74, 6) is 0.0800. The number of rotatable bonds is 7. The highest BCUT2D eigenvalue weighted by atomic mass is 16.2. The molecule has 1 atom stereocenters. The Morgan fingerprint density at radius 3 is 2.31 bits per heavy atom. The quantitative estimate of drug-likeness (QED) is 0.569. The van der Waals surface area contributed by atoms with Crippen LogP contribution in [0.4, 0.5) is 0 Å². The fourth-order valence-electron chi connectivity index (χ4n) is 1.36. The summed E-state index contributed by atoms with van der Waals surface area (Å²) in [6.07, 6.45) is 0.650. The second kappa shape index (κ2) is 8.10. The molecule has 0 rings (SSSR count). The van der Waals surface area contributed by atoms with E-state index in [1.165, 1.54) is 0 Å². The van der Waals surface area contributed by atoms with Crippen LogP contribution in [0.25, 0.3) is 0 Å². The predicted molar refractivity (Wildman–Crippen MR) is 64.0 cm³/mol. The Labute approximate surface area is 97.4 Å². The third-order valence-electron chi connectivity index (χ3n) is 2.14. The Bertz CT molecular complexity index is 229. The van der Waals surface area contributed by atoms with E-state index in [-0.39, 0.29) is 18.4 Å². The van der Waals surface area contributed by atoms with Crippen LogP contribution in [0.2, 0.25) is 0 Å². The standard InChI is InChI=1S/C11H23N3O2/c1-5-13-7-10(15)14-9(6-8(2)3)11(16)12-4/h8-9,13H,5-7H2,1-4H3,(H,12,16)(H,14,15). The first-order valence-corrected chi connectivity index (χ1v) is 5.72. The number of likely N-dealkylation sites (N-methyl/N-ethyl adjacent to an activating group) is 2. The maximum absolute atomic E-state index is 11.5. The van der Waals surface area contributed by atoms with Crippen molar-refractivity contribution in [2.75, 3.05) is 20.1 Å². The van der Waals surface area contributed by atoms with Crippen molar-refractivity contribution in [3.05, 3.63) is 0 Å². The molecular weight excluding hydrogens is 206 g/mol. The molecule has 0 spiro atoms. The van der Waals surface area contributed by atoms with E-state index >= 15 is 0 Å². The third-order valence-corrected chi connectivity index (χ3v) is 2.14. The Kier molecular flexibility index (Phi) is 7.54. The number of carbonyl (C=O) groups excluding carboxylic acids is 2. The smallest absolute Gasteiger partial charge is 0.242 e. The van der Waals surface area contributed by atoms with Crippen LogP contribution in [0.3, 0.4) is 0 Å². The van der Waals surface area contributed by atoms with Crippen molar-refractivity contribution in [3.8, 4) is 0 Å². The molecule has 0 aliphatic carbocycles. The van der Waals surface area contributed by atoms with E-state index in [0.717, 1.165) is 6.54 Å². The molecule has 5 heteroatoms. The van der Waals surface area contributed by atoms with Gasteiger partial charge in [-0.3, -0.25) is 9.59 Å². The van der Waals surface area contributed by atoms with Gasteiger partial charge in [0.05, 0.1) is 6.54 Å². The van der Waals surface area contributed by atoms with Gasteiger partial charge in [-0.25, -0.2) is 0 Å². The molecule has 0 aliphatic heterocycles. The van der Waals surface area contributed by atoms with Crippen molar-refractivity contribution >= 4 is 11.8 Å². The molecule has 0 radical (unpaired) electrons. The molecule has 16 heavy (non-hydrogen) atoms. The van der Waals surface area contributed by atoms with Gasteiger partial charge in [0.1, 0.15) is 6.04 Å². The largest absolute Gasteiger partial charge is 0.357 e. The number of carbonyl (C=O) groups is 2. The maximum atomic E-state index is 11.5. The topological polar surface area (TPSA) is 70.2 Å². The molecule has 0 aromatic rings. The second-order valence-corrected chi connectivity index (χ2v) is 4.14. The molecule has 0 aromatic heterocycles. The zero-order valence-corrected chi connectivity index (χ0v) is 10.6. The van der Waals surface area contributed by atoms with Crippen LogP contribution in [0, 0.1) is 5.92 Å². The van der Waals surface area contributed by atoms with Crippen LogP contribution in [-0.2, 0) is 9.59 Å². The van der Waals surface area contributed by atoms with Crippen molar-refractivity contribution in [2.45, 2.75) is 33.2 Å². The molecular formula is C11H23N3O2. The van der Waals surface area contributed by atoms with Gasteiger partial charge in [-0.1, -0.05) is 20.8 Å². The van der Waals surface area contributed by atoms with Gasteiger partial charge in [-0.2, -0.15) is 0 Å². The Morgan fingerprint density at radius 2 is 1.88 bits per heavy atom. The Hall–Kier alpha value is -1.10. The van der Waals surface area contributed by atoms with Crippen LogP contribution >= 0.6 is 0 Å². The summed E-state index contributed by atoms with van der Waals surface area (Å²) in [7, 11) is 1.58.